The summed E-state index contributed by atoms with van der Waals surface area (Å²) in [6.45, 7) is 11.4. The van der Waals surface area contributed by atoms with Crippen molar-refractivity contribution in [1.29, 1.82) is 0 Å². The summed E-state index contributed by atoms with van der Waals surface area (Å²) in [4.78, 5) is 0. The third kappa shape index (κ3) is 6.48. The SMILES string of the molecule is CC(C)(CO)Oc1c(Br)cc(C(C)(C)c2cc(Br)c(OC(C)(C)CO)c(Br)c2)cc1Br. The number of halogens is 4. The zero-order chi connectivity index (χ0) is 23.8. The van der Waals surface area contributed by atoms with Gasteiger partial charge < -0.3 is 19.7 Å². The highest BCUT2D eigenvalue weighted by Crippen LogP contribution is 2.45. The summed E-state index contributed by atoms with van der Waals surface area (Å²) in [6, 6.07) is 8.15. The van der Waals surface area contributed by atoms with E-state index in [2.05, 4.69) is 77.6 Å². The van der Waals surface area contributed by atoms with Crippen molar-refractivity contribution in [2.75, 3.05) is 13.2 Å². The van der Waals surface area contributed by atoms with E-state index in [1.54, 1.807) is 0 Å². The van der Waals surface area contributed by atoms with Gasteiger partial charge in [-0.25, -0.2) is 0 Å². The molecule has 0 amide bonds. The Morgan fingerprint density at radius 3 is 1.10 bits per heavy atom. The van der Waals surface area contributed by atoms with E-state index in [0.717, 1.165) is 29.0 Å². The fourth-order valence-electron chi connectivity index (χ4n) is 2.82. The Morgan fingerprint density at radius 1 is 0.613 bits per heavy atom. The van der Waals surface area contributed by atoms with Gasteiger partial charge in [0.2, 0.25) is 0 Å². The minimum atomic E-state index is -0.698. The van der Waals surface area contributed by atoms with Gasteiger partial charge in [0.15, 0.2) is 0 Å². The van der Waals surface area contributed by atoms with E-state index < -0.39 is 11.2 Å². The van der Waals surface area contributed by atoms with Crippen LogP contribution >= 0.6 is 63.7 Å². The average Bonchev–Trinajstić information content (AvgIpc) is 2.67. The number of rotatable bonds is 8. The van der Waals surface area contributed by atoms with Crippen LogP contribution in [0.1, 0.15) is 52.7 Å². The topological polar surface area (TPSA) is 58.9 Å². The second-order valence-electron chi connectivity index (χ2n) is 9.20. The molecule has 2 aromatic carbocycles. The first-order chi connectivity index (χ1) is 14.1. The zero-order valence-corrected chi connectivity index (χ0v) is 24.8. The molecule has 2 aromatic rings. The maximum Gasteiger partial charge on any atom is 0.148 e. The zero-order valence-electron chi connectivity index (χ0n) is 18.4. The first-order valence-electron chi connectivity index (χ1n) is 9.72. The van der Waals surface area contributed by atoms with E-state index in [4.69, 9.17) is 9.47 Å². The average molecular weight is 688 g/mol. The van der Waals surface area contributed by atoms with Crippen LogP contribution in [-0.2, 0) is 5.41 Å². The largest absolute Gasteiger partial charge is 0.483 e. The first-order valence-corrected chi connectivity index (χ1v) is 12.9. The second kappa shape index (κ2) is 10.0. The van der Waals surface area contributed by atoms with E-state index in [9.17, 15) is 10.2 Å². The number of ether oxygens (including phenoxy) is 2. The molecule has 0 aliphatic rings. The van der Waals surface area contributed by atoms with Crippen LogP contribution in [0.15, 0.2) is 42.2 Å². The second-order valence-corrected chi connectivity index (χ2v) is 12.6. The number of hydrogen-bond acceptors (Lipinski definition) is 4. The fourth-order valence-corrected chi connectivity index (χ4v) is 5.52. The molecule has 0 fully saturated rings. The molecule has 2 rings (SSSR count). The minimum Gasteiger partial charge on any atom is -0.483 e. The first kappa shape index (κ1) is 27.1. The van der Waals surface area contributed by atoms with Gasteiger partial charge in [-0.15, -0.1) is 0 Å². The van der Waals surface area contributed by atoms with Gasteiger partial charge in [0.1, 0.15) is 22.7 Å². The van der Waals surface area contributed by atoms with Crippen molar-refractivity contribution >= 4 is 63.7 Å². The summed E-state index contributed by atoms with van der Waals surface area (Å²) in [5, 5.41) is 19.1. The van der Waals surface area contributed by atoms with Crippen LogP contribution in [0.25, 0.3) is 0 Å². The van der Waals surface area contributed by atoms with Crippen molar-refractivity contribution in [3.63, 3.8) is 0 Å². The van der Waals surface area contributed by atoms with Gasteiger partial charge in [-0.3, -0.25) is 0 Å². The Hall–Kier alpha value is -0.120. The van der Waals surface area contributed by atoms with Crippen LogP contribution in [0.4, 0.5) is 0 Å². The molecule has 0 aliphatic carbocycles. The Labute approximate surface area is 218 Å². The normalized spacial score (nSPS) is 12.8. The molecule has 2 N–H and O–H groups in total. The number of aliphatic hydroxyl groups excluding tert-OH is 2. The predicted molar refractivity (Wildman–Crippen MR) is 139 cm³/mol. The van der Waals surface area contributed by atoms with E-state index in [-0.39, 0.29) is 18.6 Å². The van der Waals surface area contributed by atoms with E-state index in [1.807, 2.05) is 52.0 Å². The summed E-state index contributed by atoms with van der Waals surface area (Å²) in [6.07, 6.45) is 0. The molecule has 0 aliphatic heterocycles. The summed E-state index contributed by atoms with van der Waals surface area (Å²) >= 11 is 14.5. The van der Waals surface area contributed by atoms with Crippen LogP contribution in [0, 0.1) is 0 Å². The molecule has 4 nitrogen and oxygen atoms in total. The maximum atomic E-state index is 9.54. The van der Waals surface area contributed by atoms with Crippen molar-refractivity contribution in [2.45, 2.75) is 58.2 Å². The van der Waals surface area contributed by atoms with Gasteiger partial charge in [0.25, 0.3) is 0 Å². The molecule has 0 saturated carbocycles. The molecule has 172 valence electrons. The lowest BCUT2D eigenvalue weighted by molar-refractivity contribution is 0.0399. The molecular formula is C23H28Br4O4. The van der Waals surface area contributed by atoms with Crippen LogP contribution in [-0.4, -0.2) is 34.6 Å². The molecule has 8 heteroatoms. The summed E-state index contributed by atoms with van der Waals surface area (Å²) in [5.74, 6) is 1.30. The van der Waals surface area contributed by atoms with Crippen molar-refractivity contribution in [3.8, 4) is 11.5 Å². The number of hydrogen-bond donors (Lipinski definition) is 2. The van der Waals surface area contributed by atoms with E-state index in [1.165, 1.54) is 0 Å². The molecule has 0 spiro atoms. The molecule has 0 radical (unpaired) electrons. The number of aliphatic hydroxyl groups is 2. The highest BCUT2D eigenvalue weighted by Gasteiger charge is 2.30. The van der Waals surface area contributed by atoms with E-state index >= 15 is 0 Å². The van der Waals surface area contributed by atoms with E-state index in [0.29, 0.717) is 11.5 Å². The highest BCUT2D eigenvalue weighted by atomic mass is 79.9. The lowest BCUT2D eigenvalue weighted by Crippen LogP contribution is -2.33. The fraction of sp³-hybridized carbons (Fsp3) is 0.478. The maximum absolute atomic E-state index is 9.54. The molecular weight excluding hydrogens is 660 g/mol. The Kier molecular flexibility index (Phi) is 8.77. The third-order valence-electron chi connectivity index (χ3n) is 4.96. The Bertz CT molecular complexity index is 833. The van der Waals surface area contributed by atoms with Crippen LogP contribution < -0.4 is 9.47 Å². The molecule has 0 saturated heterocycles. The lowest BCUT2D eigenvalue weighted by Gasteiger charge is -2.31. The Morgan fingerprint density at radius 2 is 0.871 bits per heavy atom. The lowest BCUT2D eigenvalue weighted by atomic mass is 9.78. The Balaban J connectivity index is 2.48. The van der Waals surface area contributed by atoms with Gasteiger partial charge in [0, 0.05) is 5.41 Å². The van der Waals surface area contributed by atoms with Crippen molar-refractivity contribution in [3.05, 3.63) is 53.3 Å². The van der Waals surface area contributed by atoms with Gasteiger partial charge in [-0.2, -0.15) is 0 Å². The van der Waals surface area contributed by atoms with Crippen molar-refractivity contribution in [2.24, 2.45) is 0 Å². The molecule has 0 atom stereocenters. The molecule has 0 heterocycles. The smallest absolute Gasteiger partial charge is 0.148 e. The highest BCUT2D eigenvalue weighted by molar-refractivity contribution is 9.11. The van der Waals surface area contributed by atoms with Crippen LogP contribution in [0.5, 0.6) is 11.5 Å². The van der Waals surface area contributed by atoms with Gasteiger partial charge >= 0.3 is 0 Å². The summed E-state index contributed by atoms with van der Waals surface area (Å²) in [7, 11) is 0. The van der Waals surface area contributed by atoms with Gasteiger partial charge in [0.05, 0.1) is 31.1 Å². The van der Waals surface area contributed by atoms with Crippen LogP contribution in [0.2, 0.25) is 0 Å². The van der Waals surface area contributed by atoms with Crippen molar-refractivity contribution in [1.82, 2.24) is 0 Å². The minimum absolute atomic E-state index is 0.0946. The molecule has 31 heavy (non-hydrogen) atoms. The number of benzene rings is 2. The van der Waals surface area contributed by atoms with Gasteiger partial charge in [-0.05, 0) is 127 Å². The predicted octanol–water partition coefficient (Wildman–Crippen LogP) is 7.36. The third-order valence-corrected chi connectivity index (χ3v) is 7.31. The summed E-state index contributed by atoms with van der Waals surface area (Å²) < 4.78 is 15.2. The van der Waals surface area contributed by atoms with Crippen molar-refractivity contribution < 1.29 is 19.7 Å². The monoisotopic (exact) mass is 684 g/mol. The quantitative estimate of drug-likeness (QED) is 0.305. The molecule has 0 aromatic heterocycles. The standard InChI is InChI=1S/C23H28Br4O4/c1-21(2,11-28)30-19-15(24)7-13(8-16(19)25)23(5,6)14-9-17(26)20(18(27)10-14)31-22(3,4)12-29/h7-10,28-29H,11-12H2,1-6H3. The van der Waals surface area contributed by atoms with Gasteiger partial charge in [-0.1, -0.05) is 13.8 Å². The molecule has 0 unspecified atom stereocenters. The van der Waals surface area contributed by atoms with Crippen LogP contribution in [0.3, 0.4) is 0 Å². The summed E-state index contributed by atoms with van der Waals surface area (Å²) in [5.41, 5.74) is 0.407. The molecule has 0 bridgehead atoms.